The molecule has 0 radical (unpaired) electrons. The molecule has 2 aromatic carbocycles. The average molecular weight is 454 g/mol. The number of carbonyl (C=O) groups excluding carboxylic acids is 2. The Hall–Kier alpha value is -3.92. The van der Waals surface area contributed by atoms with E-state index in [0.717, 1.165) is 4.90 Å². The molecule has 4 rings (SSSR count). The van der Waals surface area contributed by atoms with Crippen LogP contribution < -0.4 is 4.74 Å². The van der Waals surface area contributed by atoms with E-state index < -0.39 is 21.9 Å². The van der Waals surface area contributed by atoms with Crippen molar-refractivity contribution in [1.82, 2.24) is 4.90 Å². The fourth-order valence-corrected chi connectivity index (χ4v) is 3.95. The van der Waals surface area contributed by atoms with Gasteiger partial charge in [-0.05, 0) is 42.1 Å². The Morgan fingerprint density at radius 2 is 1.97 bits per heavy atom. The molecule has 1 aliphatic rings. The van der Waals surface area contributed by atoms with Gasteiger partial charge >= 0.3 is 0 Å². The number of nitro groups is 1. The number of nitro benzene ring substituents is 1. The lowest BCUT2D eigenvalue weighted by Crippen LogP contribution is -2.27. The summed E-state index contributed by atoms with van der Waals surface area (Å²) in [6.45, 7) is -0.184. The second-order valence-corrected chi connectivity index (χ2v) is 7.69. The highest BCUT2D eigenvalue weighted by molar-refractivity contribution is 8.18. The van der Waals surface area contributed by atoms with Crippen molar-refractivity contribution >= 4 is 34.7 Å². The number of imide groups is 1. The van der Waals surface area contributed by atoms with Gasteiger partial charge in [0.25, 0.3) is 16.8 Å². The van der Waals surface area contributed by atoms with Crippen LogP contribution in [-0.4, -0.2) is 28.1 Å². The van der Waals surface area contributed by atoms with Crippen molar-refractivity contribution < 1.29 is 28.1 Å². The quantitative estimate of drug-likeness (QED) is 0.285. The summed E-state index contributed by atoms with van der Waals surface area (Å²) in [6, 6.07) is 13.3. The number of ether oxygens (including phenoxy) is 1. The second kappa shape index (κ2) is 8.67. The van der Waals surface area contributed by atoms with Crippen LogP contribution in [-0.2, 0) is 11.3 Å². The van der Waals surface area contributed by atoms with Gasteiger partial charge in [-0.15, -0.1) is 0 Å². The van der Waals surface area contributed by atoms with Crippen LogP contribution >= 0.6 is 11.8 Å². The molecule has 0 atom stereocenters. The van der Waals surface area contributed by atoms with E-state index in [2.05, 4.69) is 0 Å². The van der Waals surface area contributed by atoms with E-state index in [0.29, 0.717) is 17.5 Å². The van der Waals surface area contributed by atoms with Crippen molar-refractivity contribution in [3.8, 4) is 17.1 Å². The zero-order chi connectivity index (χ0) is 22.8. The van der Waals surface area contributed by atoms with Gasteiger partial charge in [0, 0.05) is 11.6 Å². The van der Waals surface area contributed by atoms with E-state index >= 15 is 0 Å². The lowest BCUT2D eigenvalue weighted by Gasteiger charge is -2.12. The van der Waals surface area contributed by atoms with Gasteiger partial charge in [0.15, 0.2) is 0 Å². The number of amides is 2. The number of nitrogens with zero attached hydrogens (tertiary/aromatic N) is 2. The Bertz CT molecular complexity index is 1270. The molecule has 8 nitrogen and oxygen atoms in total. The minimum atomic E-state index is -0.573. The number of hydrogen-bond acceptors (Lipinski definition) is 7. The minimum Gasteiger partial charge on any atom is -0.497 e. The third-order valence-corrected chi connectivity index (χ3v) is 5.63. The molecule has 2 amide bonds. The first-order valence-electron chi connectivity index (χ1n) is 9.29. The van der Waals surface area contributed by atoms with Gasteiger partial charge in [0.1, 0.15) is 23.1 Å². The molecule has 3 aromatic rings. The molecular formula is C22H15FN2O6S. The lowest BCUT2D eigenvalue weighted by atomic mass is 10.1. The molecule has 1 aliphatic heterocycles. The maximum atomic E-state index is 13.9. The van der Waals surface area contributed by atoms with Crippen molar-refractivity contribution in [2.75, 3.05) is 7.11 Å². The molecule has 0 N–H and O–H groups in total. The molecule has 10 heteroatoms. The van der Waals surface area contributed by atoms with Crippen molar-refractivity contribution in [3.05, 3.63) is 86.8 Å². The van der Waals surface area contributed by atoms with Crippen LogP contribution in [0, 0.1) is 15.9 Å². The third-order valence-electron chi connectivity index (χ3n) is 4.73. The van der Waals surface area contributed by atoms with Crippen LogP contribution in [0.15, 0.2) is 63.9 Å². The maximum Gasteiger partial charge on any atom is 0.293 e. The zero-order valence-corrected chi connectivity index (χ0v) is 17.4. The summed E-state index contributed by atoms with van der Waals surface area (Å²) < 4.78 is 24.6. The van der Waals surface area contributed by atoms with Crippen LogP contribution in [0.4, 0.5) is 14.9 Å². The minimum absolute atomic E-state index is 0.108. The molecular weight excluding hydrogens is 439 g/mol. The van der Waals surface area contributed by atoms with Crippen molar-refractivity contribution in [1.29, 1.82) is 0 Å². The number of benzene rings is 2. The Kier molecular flexibility index (Phi) is 5.78. The number of carbonyl (C=O) groups is 2. The smallest absolute Gasteiger partial charge is 0.293 e. The molecule has 0 unspecified atom stereocenters. The zero-order valence-electron chi connectivity index (χ0n) is 16.6. The first kappa shape index (κ1) is 21.3. The van der Waals surface area contributed by atoms with Gasteiger partial charge in [-0.25, -0.2) is 4.39 Å². The van der Waals surface area contributed by atoms with Gasteiger partial charge in [0.2, 0.25) is 0 Å². The van der Waals surface area contributed by atoms with E-state index in [1.807, 2.05) is 0 Å². The van der Waals surface area contributed by atoms with E-state index in [-0.39, 0.29) is 39.8 Å². The molecule has 0 aliphatic carbocycles. The molecule has 32 heavy (non-hydrogen) atoms. The molecule has 0 bridgehead atoms. The van der Waals surface area contributed by atoms with Gasteiger partial charge in [-0.2, -0.15) is 0 Å². The fourth-order valence-electron chi connectivity index (χ4n) is 3.14. The van der Waals surface area contributed by atoms with Crippen LogP contribution in [0.1, 0.15) is 11.3 Å². The van der Waals surface area contributed by atoms with Crippen LogP contribution in [0.3, 0.4) is 0 Å². The first-order valence-corrected chi connectivity index (χ1v) is 10.1. The molecule has 1 aromatic heterocycles. The van der Waals surface area contributed by atoms with Crippen LogP contribution in [0.5, 0.6) is 5.75 Å². The summed E-state index contributed by atoms with van der Waals surface area (Å²) >= 11 is 0.711. The highest BCUT2D eigenvalue weighted by atomic mass is 32.2. The first-order chi connectivity index (χ1) is 15.4. The van der Waals surface area contributed by atoms with Crippen molar-refractivity contribution in [3.63, 3.8) is 0 Å². The number of thioether (sulfide) groups is 1. The summed E-state index contributed by atoms with van der Waals surface area (Å²) in [5, 5.41) is 10.9. The SMILES string of the molecule is COc1ccc(-c2ccc(/C=C3\SC(=O)N(Cc4ccccc4F)C3=O)o2)c([N+](=O)[O-])c1. The summed E-state index contributed by atoms with van der Waals surface area (Å²) in [7, 11) is 1.41. The van der Waals surface area contributed by atoms with E-state index in [9.17, 15) is 24.1 Å². The van der Waals surface area contributed by atoms with E-state index in [4.69, 9.17) is 9.15 Å². The Balaban J connectivity index is 1.59. The van der Waals surface area contributed by atoms with Gasteiger partial charge < -0.3 is 9.15 Å². The summed E-state index contributed by atoms with van der Waals surface area (Å²) in [5.74, 6) is -0.294. The predicted molar refractivity (Wildman–Crippen MR) is 115 cm³/mol. The standard InChI is InChI=1S/C22H15FN2O6S/c1-30-14-6-8-16(18(10-14)25(28)29)19-9-7-15(31-19)11-20-21(26)24(22(27)32-20)12-13-4-2-3-5-17(13)23/h2-11H,12H2,1H3/b20-11-. The Morgan fingerprint density at radius 1 is 1.19 bits per heavy atom. The van der Waals surface area contributed by atoms with Crippen LogP contribution in [0.2, 0.25) is 0 Å². The topological polar surface area (TPSA) is 103 Å². The summed E-state index contributed by atoms with van der Waals surface area (Å²) in [6.07, 6.45) is 1.38. The van der Waals surface area contributed by atoms with Gasteiger partial charge in [-0.1, -0.05) is 18.2 Å². The molecule has 2 heterocycles. The van der Waals surface area contributed by atoms with Crippen molar-refractivity contribution in [2.45, 2.75) is 6.54 Å². The van der Waals surface area contributed by atoms with Crippen LogP contribution in [0.25, 0.3) is 17.4 Å². The number of rotatable bonds is 6. The largest absolute Gasteiger partial charge is 0.497 e. The summed E-state index contributed by atoms with van der Waals surface area (Å²) in [5.41, 5.74) is 0.265. The van der Waals surface area contributed by atoms with Gasteiger partial charge in [-0.3, -0.25) is 24.6 Å². The summed E-state index contributed by atoms with van der Waals surface area (Å²) in [4.78, 5) is 36.9. The lowest BCUT2D eigenvalue weighted by molar-refractivity contribution is -0.384. The Labute approximate surface area is 185 Å². The molecule has 162 valence electrons. The Morgan fingerprint density at radius 3 is 2.69 bits per heavy atom. The molecule has 0 saturated carbocycles. The van der Waals surface area contributed by atoms with E-state index in [1.54, 1.807) is 12.1 Å². The monoisotopic (exact) mass is 454 g/mol. The normalized spacial score (nSPS) is 14.9. The predicted octanol–water partition coefficient (Wildman–Crippen LogP) is 5.24. The number of hydrogen-bond donors (Lipinski definition) is 0. The number of halogens is 1. The molecule has 1 saturated heterocycles. The fraction of sp³-hybridized carbons (Fsp3) is 0.0909. The van der Waals surface area contributed by atoms with Gasteiger partial charge in [0.05, 0.1) is 35.1 Å². The molecule has 0 spiro atoms. The van der Waals surface area contributed by atoms with E-state index in [1.165, 1.54) is 55.7 Å². The number of methoxy groups -OCH3 is 1. The third kappa shape index (κ3) is 4.12. The highest BCUT2D eigenvalue weighted by Gasteiger charge is 2.35. The number of furan rings is 1. The average Bonchev–Trinajstić information content (AvgIpc) is 3.35. The second-order valence-electron chi connectivity index (χ2n) is 6.70. The molecule has 1 fully saturated rings. The van der Waals surface area contributed by atoms with Crippen molar-refractivity contribution in [2.24, 2.45) is 0 Å². The maximum absolute atomic E-state index is 13.9. The highest BCUT2D eigenvalue weighted by Crippen LogP contribution is 2.37.